The highest BCUT2D eigenvalue weighted by Crippen LogP contribution is 2.21. The van der Waals surface area contributed by atoms with Gasteiger partial charge in [-0.3, -0.25) is 9.48 Å². The standard InChI is InChI=1S/C13H19ClN4O2/c1-4-9-12-13(17(3)16-9)18(10(8-14)15-12)7-6-11(19)20-5-2/h4-8H2,1-3H3. The van der Waals surface area contributed by atoms with Gasteiger partial charge in [-0.25, -0.2) is 4.98 Å². The van der Waals surface area contributed by atoms with Crippen LogP contribution in [0.1, 0.15) is 31.8 Å². The Hall–Kier alpha value is -1.56. The molecule has 110 valence electrons. The second-order valence-corrected chi connectivity index (χ2v) is 4.73. The second-order valence-electron chi connectivity index (χ2n) is 4.46. The van der Waals surface area contributed by atoms with E-state index in [0.717, 1.165) is 29.1 Å². The van der Waals surface area contributed by atoms with Gasteiger partial charge in [0, 0.05) is 13.6 Å². The van der Waals surface area contributed by atoms with E-state index >= 15 is 0 Å². The summed E-state index contributed by atoms with van der Waals surface area (Å²) >= 11 is 5.96. The zero-order chi connectivity index (χ0) is 14.7. The number of nitrogens with zero attached hydrogens (tertiary/aromatic N) is 4. The largest absolute Gasteiger partial charge is 0.466 e. The number of hydrogen-bond donors (Lipinski definition) is 0. The number of fused-ring (bicyclic) bond motifs is 1. The van der Waals surface area contributed by atoms with Crippen LogP contribution < -0.4 is 0 Å². The predicted molar refractivity (Wildman–Crippen MR) is 76.7 cm³/mol. The van der Waals surface area contributed by atoms with Crippen molar-refractivity contribution in [3.05, 3.63) is 11.5 Å². The first kappa shape index (κ1) is 14.8. The van der Waals surface area contributed by atoms with Gasteiger partial charge in [0.15, 0.2) is 5.65 Å². The lowest BCUT2D eigenvalue weighted by molar-refractivity contribution is -0.143. The number of rotatable bonds is 6. The second kappa shape index (κ2) is 6.26. The van der Waals surface area contributed by atoms with Crippen molar-refractivity contribution in [1.29, 1.82) is 0 Å². The molecule has 6 nitrogen and oxygen atoms in total. The first-order chi connectivity index (χ1) is 9.62. The molecule has 2 heterocycles. The monoisotopic (exact) mass is 298 g/mol. The van der Waals surface area contributed by atoms with Crippen LogP contribution in [0.15, 0.2) is 0 Å². The summed E-state index contributed by atoms with van der Waals surface area (Å²) < 4.78 is 8.70. The van der Waals surface area contributed by atoms with Crippen LogP contribution >= 0.6 is 11.6 Å². The lowest BCUT2D eigenvalue weighted by atomic mass is 10.3. The molecule has 0 aliphatic heterocycles. The molecule has 0 amide bonds. The number of hydrogen-bond acceptors (Lipinski definition) is 4. The minimum absolute atomic E-state index is 0.215. The molecule has 0 aliphatic carbocycles. The van der Waals surface area contributed by atoms with Gasteiger partial charge in [0.1, 0.15) is 11.3 Å². The van der Waals surface area contributed by atoms with E-state index in [1.807, 2.05) is 18.5 Å². The fourth-order valence-corrected chi connectivity index (χ4v) is 2.50. The van der Waals surface area contributed by atoms with Crippen LogP contribution in [0.2, 0.25) is 0 Å². The molecular weight excluding hydrogens is 280 g/mol. The molecule has 0 fully saturated rings. The molecule has 0 spiro atoms. The summed E-state index contributed by atoms with van der Waals surface area (Å²) in [4.78, 5) is 16.1. The third-order valence-electron chi connectivity index (χ3n) is 3.17. The van der Waals surface area contributed by atoms with E-state index in [1.54, 1.807) is 11.6 Å². The maximum Gasteiger partial charge on any atom is 0.307 e. The minimum atomic E-state index is -0.215. The van der Waals surface area contributed by atoms with Crippen molar-refractivity contribution < 1.29 is 9.53 Å². The molecule has 0 saturated carbocycles. The number of carbonyl (C=O) groups excluding carboxylic acids is 1. The zero-order valence-corrected chi connectivity index (χ0v) is 12.8. The van der Waals surface area contributed by atoms with E-state index in [1.165, 1.54) is 0 Å². The Kier molecular flexibility index (Phi) is 4.65. The third kappa shape index (κ3) is 2.65. The van der Waals surface area contributed by atoms with E-state index < -0.39 is 0 Å². The molecule has 0 atom stereocenters. The highest BCUT2D eigenvalue weighted by molar-refractivity contribution is 6.16. The molecule has 0 saturated heterocycles. The number of aryl methyl sites for hydroxylation is 3. The number of imidazole rings is 1. The van der Waals surface area contributed by atoms with Gasteiger partial charge < -0.3 is 9.30 Å². The summed E-state index contributed by atoms with van der Waals surface area (Å²) in [7, 11) is 1.88. The van der Waals surface area contributed by atoms with Gasteiger partial charge in [-0.05, 0) is 13.3 Å². The van der Waals surface area contributed by atoms with Crippen molar-refractivity contribution >= 4 is 28.7 Å². The predicted octanol–water partition coefficient (Wildman–Crippen LogP) is 2.02. The first-order valence-corrected chi connectivity index (χ1v) is 7.28. The normalized spacial score (nSPS) is 11.2. The van der Waals surface area contributed by atoms with Crippen molar-refractivity contribution in [2.24, 2.45) is 7.05 Å². The molecule has 2 aromatic heterocycles. The van der Waals surface area contributed by atoms with E-state index in [0.29, 0.717) is 25.5 Å². The average Bonchev–Trinajstić information content (AvgIpc) is 2.94. The lowest BCUT2D eigenvalue weighted by Gasteiger charge is -2.07. The highest BCUT2D eigenvalue weighted by Gasteiger charge is 2.18. The molecular formula is C13H19ClN4O2. The smallest absolute Gasteiger partial charge is 0.307 e. The SMILES string of the molecule is CCOC(=O)CCn1c(CCl)nc2c(CC)nn(C)c21. The molecule has 0 N–H and O–H groups in total. The van der Waals surface area contributed by atoms with Crippen molar-refractivity contribution in [3.63, 3.8) is 0 Å². The molecule has 7 heteroatoms. The molecule has 0 radical (unpaired) electrons. The van der Waals surface area contributed by atoms with Gasteiger partial charge >= 0.3 is 5.97 Å². The van der Waals surface area contributed by atoms with Gasteiger partial charge in [0.25, 0.3) is 0 Å². The van der Waals surface area contributed by atoms with Gasteiger partial charge in [-0.15, -0.1) is 11.6 Å². The van der Waals surface area contributed by atoms with Crippen molar-refractivity contribution in [2.75, 3.05) is 6.61 Å². The maximum atomic E-state index is 11.5. The van der Waals surface area contributed by atoms with Crippen LogP contribution in [-0.4, -0.2) is 31.9 Å². The average molecular weight is 299 g/mol. The Labute approximate surface area is 122 Å². The summed E-state index contributed by atoms with van der Waals surface area (Å²) in [6.45, 7) is 4.73. The van der Waals surface area contributed by atoms with Crippen LogP contribution in [0, 0.1) is 0 Å². The van der Waals surface area contributed by atoms with E-state index in [2.05, 4.69) is 10.1 Å². The van der Waals surface area contributed by atoms with Gasteiger partial charge in [0.05, 0.1) is 24.6 Å². The van der Waals surface area contributed by atoms with Gasteiger partial charge in [-0.2, -0.15) is 5.10 Å². The molecule has 0 bridgehead atoms. The number of alkyl halides is 1. The Morgan fingerprint density at radius 1 is 1.40 bits per heavy atom. The Bertz CT molecular complexity index is 617. The topological polar surface area (TPSA) is 61.9 Å². The van der Waals surface area contributed by atoms with Gasteiger partial charge in [-0.1, -0.05) is 6.92 Å². The number of halogens is 1. The summed E-state index contributed by atoms with van der Waals surface area (Å²) in [6.07, 6.45) is 1.11. The Balaban J connectivity index is 2.35. The molecule has 2 rings (SSSR count). The molecule has 0 aliphatic rings. The molecule has 20 heavy (non-hydrogen) atoms. The zero-order valence-electron chi connectivity index (χ0n) is 12.0. The Morgan fingerprint density at radius 2 is 2.15 bits per heavy atom. The molecule has 0 aromatic carbocycles. The van der Waals surface area contributed by atoms with Crippen LogP contribution in [0.3, 0.4) is 0 Å². The fourth-order valence-electron chi connectivity index (χ4n) is 2.30. The third-order valence-corrected chi connectivity index (χ3v) is 3.41. The van der Waals surface area contributed by atoms with Crippen LogP contribution in [-0.2, 0) is 35.4 Å². The highest BCUT2D eigenvalue weighted by atomic mass is 35.5. The van der Waals surface area contributed by atoms with Crippen LogP contribution in [0.4, 0.5) is 0 Å². The Morgan fingerprint density at radius 3 is 2.75 bits per heavy atom. The van der Waals surface area contributed by atoms with Crippen LogP contribution in [0.5, 0.6) is 0 Å². The summed E-state index contributed by atoms with van der Waals surface area (Å²) in [5.74, 6) is 0.849. The molecule has 2 aromatic rings. The van der Waals surface area contributed by atoms with Gasteiger partial charge in [0.2, 0.25) is 0 Å². The number of aromatic nitrogens is 4. The van der Waals surface area contributed by atoms with Crippen molar-refractivity contribution in [2.45, 2.75) is 39.1 Å². The van der Waals surface area contributed by atoms with Crippen LogP contribution in [0.25, 0.3) is 11.2 Å². The summed E-state index contributed by atoms with van der Waals surface area (Å²) in [6, 6.07) is 0. The quantitative estimate of drug-likeness (QED) is 0.605. The lowest BCUT2D eigenvalue weighted by Crippen LogP contribution is -2.12. The number of esters is 1. The summed E-state index contributed by atoms with van der Waals surface area (Å²) in [5.41, 5.74) is 2.72. The summed E-state index contributed by atoms with van der Waals surface area (Å²) in [5, 5.41) is 4.44. The van der Waals surface area contributed by atoms with Crippen molar-refractivity contribution in [3.8, 4) is 0 Å². The van der Waals surface area contributed by atoms with Crippen molar-refractivity contribution in [1.82, 2.24) is 19.3 Å². The maximum absolute atomic E-state index is 11.5. The number of ether oxygens (including phenoxy) is 1. The van der Waals surface area contributed by atoms with E-state index in [-0.39, 0.29) is 5.97 Å². The van der Waals surface area contributed by atoms with E-state index in [4.69, 9.17) is 16.3 Å². The fraction of sp³-hybridized carbons (Fsp3) is 0.615. The van der Waals surface area contributed by atoms with E-state index in [9.17, 15) is 4.79 Å². The minimum Gasteiger partial charge on any atom is -0.466 e. The first-order valence-electron chi connectivity index (χ1n) is 6.74. The number of carbonyl (C=O) groups is 1. The molecule has 0 unspecified atom stereocenters.